The number of esters is 2. The summed E-state index contributed by atoms with van der Waals surface area (Å²) in [6, 6.07) is 16.9. The number of piperidine rings is 1. The van der Waals surface area contributed by atoms with E-state index in [0.717, 1.165) is 17.6 Å². The summed E-state index contributed by atoms with van der Waals surface area (Å²) in [6.45, 7) is 1.77. The van der Waals surface area contributed by atoms with Crippen LogP contribution in [-0.2, 0) is 44.7 Å². The average Bonchev–Trinajstić information content (AvgIpc) is 3.53. The first kappa shape index (κ1) is 25.8. The summed E-state index contributed by atoms with van der Waals surface area (Å²) in [6.07, 6.45) is 0. The second-order valence-electron chi connectivity index (χ2n) is 10.2. The van der Waals surface area contributed by atoms with E-state index in [1.165, 1.54) is 19.1 Å². The van der Waals surface area contributed by atoms with Crippen LogP contribution in [0.1, 0.15) is 24.1 Å². The van der Waals surface area contributed by atoms with Crippen LogP contribution >= 0.6 is 0 Å². The number of ether oxygens (including phenoxy) is 3. The number of nitrogens with zero attached hydrogens (tertiary/aromatic N) is 3. The second kappa shape index (κ2) is 8.75. The van der Waals surface area contributed by atoms with Gasteiger partial charge in [-0.05, 0) is 18.1 Å². The van der Waals surface area contributed by atoms with Crippen molar-refractivity contribution in [1.82, 2.24) is 14.7 Å². The van der Waals surface area contributed by atoms with Gasteiger partial charge >= 0.3 is 11.9 Å². The molecule has 3 unspecified atom stereocenters. The number of carbonyl (C=O) groups is 5. The third-order valence-corrected chi connectivity index (χ3v) is 8.47. The van der Waals surface area contributed by atoms with Crippen LogP contribution in [0.2, 0.25) is 0 Å². The first-order valence-corrected chi connectivity index (χ1v) is 12.8. The molecule has 6 rings (SSSR count). The number of hydrogen-bond acceptors (Lipinski definition) is 9. The fraction of sp³-hybridized carbons (Fsp3) is 0.345. The van der Waals surface area contributed by atoms with E-state index >= 15 is 0 Å². The maximum absolute atomic E-state index is 14.6. The van der Waals surface area contributed by atoms with Gasteiger partial charge in [-0.1, -0.05) is 60.7 Å². The summed E-state index contributed by atoms with van der Waals surface area (Å²) in [7, 11) is 3.65. The molecule has 2 aromatic rings. The van der Waals surface area contributed by atoms with Crippen LogP contribution in [0.25, 0.3) is 0 Å². The molecule has 3 amide bonds. The Morgan fingerprint density at radius 3 is 2.10 bits per heavy atom. The van der Waals surface area contributed by atoms with E-state index in [0.29, 0.717) is 11.3 Å². The number of fused-ring (bicyclic) bond motifs is 3. The van der Waals surface area contributed by atoms with Crippen molar-refractivity contribution in [3.05, 3.63) is 83.1 Å². The third kappa shape index (κ3) is 2.95. The average molecular weight is 546 g/mol. The largest absolute Gasteiger partial charge is 0.466 e. The van der Waals surface area contributed by atoms with Gasteiger partial charge in [-0.3, -0.25) is 24.2 Å². The Morgan fingerprint density at radius 1 is 0.900 bits per heavy atom. The lowest BCUT2D eigenvalue weighted by atomic mass is 9.73. The van der Waals surface area contributed by atoms with Crippen LogP contribution < -0.4 is 0 Å². The standard InChI is InChI=1S/C29H27N3O8/c1-16-19(25(35)38-3)22(18-13-9-6-10-14-18)32-26(36)28(27(37)39-4)20-21(24(34)30(2)23(20)33)29(32,40-28)31(16)15-17-11-7-5-8-12-17/h5-14,20-22H,15H2,1-4H3/t20?,21?,22?,28-,29-/m0/s1. The quantitative estimate of drug-likeness (QED) is 0.311. The van der Waals surface area contributed by atoms with Gasteiger partial charge in [-0.15, -0.1) is 0 Å². The molecule has 2 aromatic carbocycles. The number of carbonyl (C=O) groups excluding carboxylic acids is 5. The summed E-state index contributed by atoms with van der Waals surface area (Å²) in [4.78, 5) is 72.6. The zero-order valence-electron chi connectivity index (χ0n) is 22.3. The summed E-state index contributed by atoms with van der Waals surface area (Å²) >= 11 is 0. The fourth-order valence-electron chi connectivity index (χ4n) is 6.76. The minimum Gasteiger partial charge on any atom is -0.466 e. The molecule has 0 radical (unpaired) electrons. The molecule has 0 N–H and O–H groups in total. The smallest absolute Gasteiger partial charge is 0.349 e. The number of methoxy groups -OCH3 is 2. The normalized spacial score (nSPS) is 30.6. The number of amides is 3. The van der Waals surface area contributed by atoms with Crippen LogP contribution in [0.5, 0.6) is 0 Å². The first-order valence-electron chi connectivity index (χ1n) is 12.8. The molecule has 11 nitrogen and oxygen atoms in total. The number of hydrogen-bond donors (Lipinski definition) is 0. The molecule has 40 heavy (non-hydrogen) atoms. The summed E-state index contributed by atoms with van der Waals surface area (Å²) < 4.78 is 16.8. The predicted octanol–water partition coefficient (Wildman–Crippen LogP) is 1.36. The molecule has 4 heterocycles. The van der Waals surface area contributed by atoms with Gasteiger partial charge in [0.25, 0.3) is 11.5 Å². The molecule has 0 aromatic heterocycles. The Labute approximate surface area is 229 Å². The predicted molar refractivity (Wildman–Crippen MR) is 136 cm³/mol. The van der Waals surface area contributed by atoms with Crippen molar-refractivity contribution >= 4 is 29.7 Å². The molecule has 2 bridgehead atoms. The molecular weight excluding hydrogens is 518 g/mol. The number of rotatable bonds is 5. The van der Waals surface area contributed by atoms with E-state index in [4.69, 9.17) is 14.2 Å². The Kier molecular flexibility index (Phi) is 5.63. The highest BCUT2D eigenvalue weighted by atomic mass is 16.6. The zero-order valence-corrected chi connectivity index (χ0v) is 22.3. The van der Waals surface area contributed by atoms with E-state index in [1.54, 1.807) is 42.2 Å². The zero-order chi connectivity index (χ0) is 28.6. The van der Waals surface area contributed by atoms with Crippen LogP contribution in [0, 0.1) is 11.8 Å². The number of allylic oxidation sites excluding steroid dienone is 1. The fourth-order valence-corrected chi connectivity index (χ4v) is 6.76. The number of likely N-dealkylation sites (tertiary alicyclic amines) is 1. The highest BCUT2D eigenvalue weighted by Crippen LogP contribution is 2.65. The van der Waals surface area contributed by atoms with Gasteiger partial charge in [0.1, 0.15) is 11.8 Å². The maximum atomic E-state index is 14.6. The van der Waals surface area contributed by atoms with E-state index in [9.17, 15) is 24.0 Å². The van der Waals surface area contributed by atoms with Crippen molar-refractivity contribution in [2.45, 2.75) is 31.0 Å². The van der Waals surface area contributed by atoms with Crippen LogP contribution in [0.4, 0.5) is 0 Å². The van der Waals surface area contributed by atoms with Crippen LogP contribution in [-0.4, -0.2) is 77.1 Å². The van der Waals surface area contributed by atoms with Crippen molar-refractivity contribution in [1.29, 1.82) is 0 Å². The molecule has 11 heteroatoms. The molecule has 5 atom stereocenters. The molecule has 4 aliphatic rings. The lowest BCUT2D eigenvalue weighted by Crippen LogP contribution is -2.70. The second-order valence-corrected chi connectivity index (χ2v) is 10.2. The molecule has 4 aliphatic heterocycles. The van der Waals surface area contributed by atoms with Crippen molar-refractivity contribution < 1.29 is 38.2 Å². The first-order chi connectivity index (χ1) is 19.2. The van der Waals surface area contributed by atoms with Gasteiger partial charge in [-0.25, -0.2) is 9.59 Å². The summed E-state index contributed by atoms with van der Waals surface area (Å²) in [5.41, 5.74) is -0.595. The molecule has 206 valence electrons. The van der Waals surface area contributed by atoms with Crippen molar-refractivity contribution in [3.8, 4) is 0 Å². The molecule has 3 fully saturated rings. The Balaban J connectivity index is 1.70. The van der Waals surface area contributed by atoms with Crippen molar-refractivity contribution in [3.63, 3.8) is 0 Å². The number of imide groups is 1. The van der Waals surface area contributed by atoms with Crippen molar-refractivity contribution in [2.75, 3.05) is 21.3 Å². The SMILES string of the molecule is COC(=O)C1=C(C)N(Cc2ccccc2)[C@]23O[C@](C(=O)OC)(C(=O)N2C1c1ccccc1)C1C(=O)N(C)C(=O)C13. The minimum absolute atomic E-state index is 0.0874. The monoisotopic (exact) mass is 545 g/mol. The summed E-state index contributed by atoms with van der Waals surface area (Å²) in [5.74, 6) is -8.58. The lowest BCUT2D eigenvalue weighted by Gasteiger charge is -2.55. The Morgan fingerprint density at radius 2 is 1.50 bits per heavy atom. The molecule has 0 saturated carbocycles. The Bertz CT molecular complexity index is 1490. The highest BCUT2D eigenvalue weighted by molar-refractivity contribution is 6.19. The minimum atomic E-state index is -2.43. The lowest BCUT2D eigenvalue weighted by molar-refractivity contribution is -0.228. The van der Waals surface area contributed by atoms with Gasteiger partial charge in [0.05, 0.1) is 25.8 Å². The van der Waals surface area contributed by atoms with Gasteiger partial charge < -0.3 is 19.1 Å². The van der Waals surface area contributed by atoms with Gasteiger partial charge in [0.15, 0.2) is 0 Å². The van der Waals surface area contributed by atoms with E-state index in [2.05, 4.69) is 0 Å². The van der Waals surface area contributed by atoms with Gasteiger partial charge in [-0.2, -0.15) is 0 Å². The highest BCUT2D eigenvalue weighted by Gasteiger charge is 2.88. The van der Waals surface area contributed by atoms with Crippen molar-refractivity contribution in [2.24, 2.45) is 11.8 Å². The van der Waals surface area contributed by atoms with Gasteiger partial charge in [0.2, 0.25) is 17.7 Å². The summed E-state index contributed by atoms with van der Waals surface area (Å²) in [5, 5.41) is 0. The maximum Gasteiger partial charge on any atom is 0.349 e. The Hall–Kier alpha value is -4.51. The van der Waals surface area contributed by atoms with E-state index in [1.807, 2.05) is 30.3 Å². The van der Waals surface area contributed by atoms with Crippen LogP contribution in [0.3, 0.4) is 0 Å². The molecule has 0 aliphatic carbocycles. The topological polar surface area (TPSA) is 123 Å². The molecule has 3 saturated heterocycles. The van der Waals surface area contributed by atoms with Gasteiger partial charge in [0, 0.05) is 19.3 Å². The molecule has 1 spiro atoms. The van der Waals surface area contributed by atoms with E-state index < -0.39 is 59.0 Å². The van der Waals surface area contributed by atoms with E-state index in [-0.39, 0.29) is 12.1 Å². The third-order valence-electron chi connectivity index (χ3n) is 8.47. The van der Waals surface area contributed by atoms with Crippen LogP contribution in [0.15, 0.2) is 71.9 Å². The molecular formula is C29H27N3O8. The number of benzene rings is 2.